The number of carbonyl (C=O) groups is 1. The van der Waals surface area contributed by atoms with Gasteiger partial charge in [-0.3, -0.25) is 14.4 Å². The summed E-state index contributed by atoms with van der Waals surface area (Å²) in [5.74, 6) is -1.71. The van der Waals surface area contributed by atoms with E-state index in [1.165, 1.54) is 48.5 Å². The molecule has 11 nitrogen and oxygen atoms in total. The Hall–Kier alpha value is -4.24. The minimum Gasteiger partial charge on any atom is -0.507 e. The lowest BCUT2D eigenvalue weighted by atomic mass is 9.78. The Morgan fingerprint density at radius 1 is 0.385 bits per heavy atom. The molecule has 65 heavy (non-hydrogen) atoms. The molecule has 3 aliphatic carbocycles. The number of hydrogen-bond donors (Lipinski definition) is 4. The lowest BCUT2D eigenvalue weighted by Crippen LogP contribution is -2.09. The molecule has 4 aromatic carbocycles. The second kappa shape index (κ2) is 17.4. The fourth-order valence-electron chi connectivity index (χ4n) is 8.11. The zero-order valence-corrected chi connectivity index (χ0v) is 40.5. The van der Waals surface area contributed by atoms with Gasteiger partial charge in [0.1, 0.15) is 44.1 Å². The molecule has 10 rings (SSSR count). The predicted octanol–water partition coefficient (Wildman–Crippen LogP) is 11.3. The van der Waals surface area contributed by atoms with Gasteiger partial charge in [0.2, 0.25) is 0 Å². The summed E-state index contributed by atoms with van der Waals surface area (Å²) in [6.07, 6.45) is 0. The van der Waals surface area contributed by atoms with Crippen LogP contribution in [0.5, 0.6) is 17.2 Å². The molecule has 4 N–H and O–H groups in total. The van der Waals surface area contributed by atoms with Crippen molar-refractivity contribution < 1.29 is 38.5 Å². The van der Waals surface area contributed by atoms with E-state index in [1.807, 2.05) is 0 Å². The second-order valence-corrected chi connectivity index (χ2v) is 19.0. The molecule has 0 radical (unpaired) electrons. The number of phenols is 3. The molecule has 3 aliphatic heterocycles. The summed E-state index contributed by atoms with van der Waals surface area (Å²) in [6.45, 7) is 0. The van der Waals surface area contributed by atoms with E-state index in [0.29, 0.717) is 49.5 Å². The Morgan fingerprint density at radius 2 is 0.708 bits per heavy atom. The van der Waals surface area contributed by atoms with Crippen molar-refractivity contribution in [2.75, 3.05) is 0 Å². The molecule has 19 heteroatoms. The molecule has 0 aromatic heterocycles. The van der Waals surface area contributed by atoms with E-state index >= 15 is 0 Å². The minimum absolute atomic E-state index is 0. The van der Waals surface area contributed by atoms with Crippen molar-refractivity contribution in [3.8, 4) is 84.6 Å². The first-order chi connectivity index (χ1) is 30.1. The zero-order chi connectivity index (χ0) is 44.5. The average Bonchev–Trinajstić information content (AvgIpc) is 3.26. The van der Waals surface area contributed by atoms with Crippen molar-refractivity contribution in [3.05, 3.63) is 148 Å². The number of aromatic hydroxyl groups is 3. The molecule has 4 aromatic rings. The standard InChI is InChI=1S/C46H18Br6O11.2Al.6H/c47-34-23(53)9-3-16-29(17-4-10-24(54)35(48)41(17)61-40(16)34)15-1-2-22(46(59)60)33(31-20-7-13-27(57)38(51)44(20)63-45-21(31)8-14-28(58)39(45)52)32(15)30-18-5-11-25(55)36(49)42(18)62-43-19(30)6-12-26(56)37(43)50;;;;;;;;/h1-14,53,55,57H,(H,59,60);;;;;;;;. The Morgan fingerprint density at radius 3 is 1.08 bits per heavy atom. The highest BCUT2D eigenvalue weighted by atomic mass is 79.9. The molecule has 3 heterocycles. The van der Waals surface area contributed by atoms with Gasteiger partial charge < -0.3 is 33.7 Å². The number of fused-ring (bicyclic) bond motifs is 6. The van der Waals surface area contributed by atoms with E-state index in [9.17, 15) is 39.6 Å². The van der Waals surface area contributed by atoms with E-state index in [1.54, 1.807) is 36.4 Å². The Kier molecular flexibility index (Phi) is 12.7. The summed E-state index contributed by atoms with van der Waals surface area (Å²) in [6, 6.07) is 20.8. The topological polar surface area (TPSA) is 189 Å². The summed E-state index contributed by atoms with van der Waals surface area (Å²) >= 11 is 20.7. The maximum atomic E-state index is 13.9. The first kappa shape index (κ1) is 47.3. The van der Waals surface area contributed by atoms with Gasteiger partial charge in [0.25, 0.3) is 0 Å². The number of rotatable bonds is 4. The average molecular weight is 1290 g/mol. The third-order valence-electron chi connectivity index (χ3n) is 10.8. The minimum atomic E-state index is -1.35. The number of hydrogen-bond acceptors (Lipinski definition) is 10. The fourth-order valence-corrected chi connectivity index (χ4v) is 10.7. The van der Waals surface area contributed by atoms with Crippen molar-refractivity contribution in [1.29, 1.82) is 0 Å². The molecule has 0 bridgehead atoms. The molecule has 0 spiro atoms. The van der Waals surface area contributed by atoms with Crippen LogP contribution in [0.4, 0.5) is 0 Å². The van der Waals surface area contributed by atoms with Crippen molar-refractivity contribution in [2.45, 2.75) is 0 Å². The van der Waals surface area contributed by atoms with Crippen molar-refractivity contribution >= 4 is 169 Å². The Labute approximate surface area is 435 Å². The molecule has 322 valence electrons. The van der Waals surface area contributed by atoms with E-state index in [4.69, 9.17) is 13.3 Å². The lowest BCUT2D eigenvalue weighted by Gasteiger charge is -2.27. The third kappa shape index (κ3) is 7.17. The Balaban J connectivity index is 0.00000288. The van der Waals surface area contributed by atoms with Crippen molar-refractivity contribution in [2.24, 2.45) is 0 Å². The van der Waals surface area contributed by atoms with Gasteiger partial charge in [-0.2, -0.15) is 0 Å². The van der Waals surface area contributed by atoms with Crippen LogP contribution >= 0.6 is 95.6 Å². The van der Waals surface area contributed by atoms with Gasteiger partial charge in [-0.15, -0.1) is 0 Å². The summed E-state index contributed by atoms with van der Waals surface area (Å²) in [5, 5.41) is 45.4. The lowest BCUT2D eigenvalue weighted by molar-refractivity contribution is 0.0697. The molecule has 0 amide bonds. The predicted molar refractivity (Wildman–Crippen MR) is 279 cm³/mol. The molecular weight excluding hydrogens is 1260 g/mol. The summed E-state index contributed by atoms with van der Waals surface area (Å²) in [5.41, 5.74) is 1.58. The van der Waals surface area contributed by atoms with Gasteiger partial charge in [0.15, 0.2) is 85.0 Å². The summed E-state index contributed by atoms with van der Waals surface area (Å²) in [7, 11) is 0. The molecule has 6 aliphatic rings. The second-order valence-electron chi connectivity index (χ2n) is 14.2. The Bertz CT molecular complexity index is 3810. The van der Waals surface area contributed by atoms with Gasteiger partial charge in [-0.25, -0.2) is 4.79 Å². The highest BCUT2D eigenvalue weighted by Crippen LogP contribution is 2.57. The molecular formula is C46H24Al2Br6O11. The third-order valence-corrected chi connectivity index (χ3v) is 15.4. The van der Waals surface area contributed by atoms with E-state index in [-0.39, 0.29) is 135 Å². The fraction of sp³-hybridized carbons (Fsp3) is 0. The van der Waals surface area contributed by atoms with Gasteiger partial charge in [0, 0.05) is 55.1 Å². The van der Waals surface area contributed by atoms with E-state index in [2.05, 4.69) is 95.6 Å². The van der Waals surface area contributed by atoms with Crippen molar-refractivity contribution in [3.63, 3.8) is 0 Å². The monoisotopic (exact) mass is 1280 g/mol. The van der Waals surface area contributed by atoms with Crippen LogP contribution in [-0.4, -0.2) is 61.1 Å². The van der Waals surface area contributed by atoms with Crippen LogP contribution in [0.3, 0.4) is 0 Å². The van der Waals surface area contributed by atoms with Crippen LogP contribution in [0.25, 0.3) is 100 Å². The first-order valence-electron chi connectivity index (χ1n) is 18.2. The van der Waals surface area contributed by atoms with Crippen LogP contribution in [0.15, 0.2) is 139 Å². The van der Waals surface area contributed by atoms with Gasteiger partial charge in [-0.05, 0) is 186 Å². The molecule has 0 fully saturated rings. The van der Waals surface area contributed by atoms with Crippen LogP contribution in [0.2, 0.25) is 0 Å². The number of benzene rings is 7. The zero-order valence-electron chi connectivity index (χ0n) is 31.0. The van der Waals surface area contributed by atoms with Crippen LogP contribution < -0.4 is 16.3 Å². The maximum Gasteiger partial charge on any atom is 0.336 e. The number of aromatic carboxylic acids is 1. The SMILES string of the molecule is O=C(O)c1ccc(-c2c3ccc(=O)c(Br)c-3oc3c(Br)c(O)ccc23)c(-c2c3ccc(=O)c(Br)c-3oc3c(Br)c(O)ccc23)c1-c1c2ccc(=O)c(Br)c-2oc2c(Br)c(O)ccc12.[AlH3].[AlH3]. The molecule has 0 saturated heterocycles. The van der Waals surface area contributed by atoms with Crippen LogP contribution in [0.1, 0.15) is 10.4 Å². The molecule has 0 unspecified atom stereocenters. The summed E-state index contributed by atoms with van der Waals surface area (Å²) in [4.78, 5) is 53.7. The van der Waals surface area contributed by atoms with Crippen LogP contribution in [0, 0.1) is 0 Å². The highest BCUT2D eigenvalue weighted by Gasteiger charge is 2.35. The number of carboxylic acid groups (broad SMARTS) is 1. The number of phenolic OH excluding ortho intramolecular Hbond substituents is 3. The van der Waals surface area contributed by atoms with Crippen molar-refractivity contribution in [1.82, 2.24) is 0 Å². The molecule has 0 atom stereocenters. The maximum absolute atomic E-state index is 13.9. The highest BCUT2D eigenvalue weighted by molar-refractivity contribution is 9.11. The number of carboxylic acids is 1. The smallest absolute Gasteiger partial charge is 0.336 e. The largest absolute Gasteiger partial charge is 0.507 e. The molecule has 0 saturated carbocycles. The quantitative estimate of drug-likeness (QED) is 0.0969. The van der Waals surface area contributed by atoms with Gasteiger partial charge in [0.05, 0.1) is 5.56 Å². The van der Waals surface area contributed by atoms with E-state index in [0.717, 1.165) is 0 Å². The normalized spacial score (nSPS) is 11.5. The van der Waals surface area contributed by atoms with Crippen LogP contribution in [-0.2, 0) is 0 Å². The van der Waals surface area contributed by atoms with E-state index < -0.39 is 22.3 Å². The summed E-state index contributed by atoms with van der Waals surface area (Å²) < 4.78 is 19.8. The first-order valence-corrected chi connectivity index (χ1v) is 23.0. The van der Waals surface area contributed by atoms with Gasteiger partial charge in [-0.1, -0.05) is 6.07 Å². The number of halogens is 6. The van der Waals surface area contributed by atoms with Gasteiger partial charge >= 0.3 is 5.97 Å².